The van der Waals surface area contributed by atoms with E-state index in [4.69, 9.17) is 15.3 Å². The Kier molecular flexibility index (Phi) is 5.83. The minimum absolute atomic E-state index is 0.509. The maximum absolute atomic E-state index is 5.04. The number of hydrogen-bond acceptors (Lipinski definition) is 3. The van der Waals surface area contributed by atoms with Crippen LogP contribution in [0.1, 0.15) is 6.42 Å². The molecule has 0 N–H and O–H groups in total. The normalized spacial score (nSPS) is 11.5. The largest absolute Gasteiger partial charge is 0.252 e. The second kappa shape index (κ2) is 9.59. The molecule has 0 unspecified atom stereocenters. The van der Waals surface area contributed by atoms with E-state index in [2.05, 4.69) is 43.0 Å². The van der Waals surface area contributed by atoms with Gasteiger partial charge in [-0.15, -0.1) is 6.58 Å². The van der Waals surface area contributed by atoms with Crippen LogP contribution in [0.25, 0.3) is 33.8 Å². The molecule has 3 heterocycles. The molecule has 0 fully saturated rings. The molecule has 0 aliphatic heterocycles. The van der Waals surface area contributed by atoms with Gasteiger partial charge in [-0.25, -0.2) is 14.0 Å². The summed E-state index contributed by atoms with van der Waals surface area (Å²) in [4.78, 5) is 0. The number of benzene rings is 3. The predicted octanol–water partition coefficient (Wildman–Crippen LogP) is 6.56. The molecule has 6 heteroatoms. The molecule has 0 radical (unpaired) electrons. The number of hydrogen-bond donors (Lipinski definition) is 0. The second-order valence-corrected chi connectivity index (χ2v) is 8.80. The van der Waals surface area contributed by atoms with E-state index in [9.17, 15) is 0 Å². The van der Waals surface area contributed by atoms with Gasteiger partial charge in [-0.1, -0.05) is 97.1 Å². The molecule has 0 aliphatic carbocycles. The monoisotopic (exact) mass is 482 g/mol. The molecule has 3 aromatic heterocycles. The first-order valence-corrected chi connectivity index (χ1v) is 12.2. The Morgan fingerprint density at radius 3 is 1.14 bits per heavy atom. The third kappa shape index (κ3) is 4.08. The first-order chi connectivity index (χ1) is 18.3. The van der Waals surface area contributed by atoms with E-state index in [1.165, 1.54) is 0 Å². The molecule has 0 amide bonds. The molecule has 6 rings (SSSR count). The number of allylic oxidation sites excluding steroid dienone is 1. The Morgan fingerprint density at radius 1 is 0.514 bits per heavy atom. The number of aromatic nitrogens is 6. The Hall–Kier alpha value is -4.97. The van der Waals surface area contributed by atoms with Crippen molar-refractivity contribution in [2.24, 2.45) is 0 Å². The van der Waals surface area contributed by atoms with Crippen molar-refractivity contribution in [1.82, 2.24) is 29.3 Å². The lowest BCUT2D eigenvalue weighted by atomic mass is 10.2. The van der Waals surface area contributed by atoms with E-state index < -0.39 is 5.79 Å². The van der Waals surface area contributed by atoms with Crippen molar-refractivity contribution in [2.75, 3.05) is 0 Å². The second-order valence-electron chi connectivity index (χ2n) is 8.80. The Bertz CT molecular complexity index is 1420. The Balaban J connectivity index is 1.54. The van der Waals surface area contributed by atoms with Crippen LogP contribution in [0.15, 0.2) is 140 Å². The fraction of sp³-hybridized carbons (Fsp3) is 0.0645. The van der Waals surface area contributed by atoms with Crippen LogP contribution in [0.3, 0.4) is 0 Å². The van der Waals surface area contributed by atoms with Gasteiger partial charge in [0.2, 0.25) is 0 Å². The van der Waals surface area contributed by atoms with Crippen molar-refractivity contribution in [3.63, 3.8) is 0 Å². The maximum Gasteiger partial charge on any atom is 0.252 e. The smallest absolute Gasteiger partial charge is 0.224 e. The molecule has 0 aliphatic rings. The van der Waals surface area contributed by atoms with Crippen molar-refractivity contribution in [3.05, 3.63) is 140 Å². The van der Waals surface area contributed by atoms with Gasteiger partial charge in [0.25, 0.3) is 5.79 Å². The highest BCUT2D eigenvalue weighted by molar-refractivity contribution is 5.60. The van der Waals surface area contributed by atoms with Crippen molar-refractivity contribution in [1.29, 1.82) is 0 Å². The van der Waals surface area contributed by atoms with Gasteiger partial charge in [0.05, 0.1) is 17.1 Å². The summed E-state index contributed by atoms with van der Waals surface area (Å²) in [6.45, 7) is 4.09. The quantitative estimate of drug-likeness (QED) is 0.231. The van der Waals surface area contributed by atoms with E-state index in [-0.39, 0.29) is 0 Å². The zero-order chi connectivity index (χ0) is 25.1. The highest BCUT2D eigenvalue weighted by Crippen LogP contribution is 2.31. The van der Waals surface area contributed by atoms with Crippen LogP contribution in [-0.2, 0) is 5.79 Å². The summed E-state index contributed by atoms with van der Waals surface area (Å²) in [5.41, 5.74) is 5.76. The van der Waals surface area contributed by atoms with Gasteiger partial charge in [-0.05, 0) is 18.2 Å². The Morgan fingerprint density at radius 2 is 0.838 bits per heavy atom. The molecule has 6 nitrogen and oxygen atoms in total. The maximum atomic E-state index is 5.04. The van der Waals surface area contributed by atoms with Crippen LogP contribution >= 0.6 is 0 Å². The van der Waals surface area contributed by atoms with Crippen LogP contribution in [0.2, 0.25) is 0 Å². The molecule has 0 saturated carbocycles. The van der Waals surface area contributed by atoms with Crippen LogP contribution in [0, 0.1) is 0 Å². The van der Waals surface area contributed by atoms with Gasteiger partial charge < -0.3 is 0 Å². The summed E-state index contributed by atoms with van der Waals surface area (Å²) in [5.74, 6) is -0.922. The number of nitrogens with zero attached hydrogens (tertiary/aromatic N) is 6. The average Bonchev–Trinajstić information content (AvgIpc) is 3.75. The molecule has 3 aromatic carbocycles. The molecule has 37 heavy (non-hydrogen) atoms. The lowest BCUT2D eigenvalue weighted by Gasteiger charge is -2.34. The SMILES string of the molecule is C=CCC(n1ccc(-c2ccccc2)n1)(n1ccc(-c2ccccc2)n1)n1ccc(-c2ccccc2)n1. The number of rotatable bonds is 8. The molecule has 0 bridgehead atoms. The van der Waals surface area contributed by atoms with Crippen LogP contribution in [0.5, 0.6) is 0 Å². The molecule has 0 spiro atoms. The summed E-state index contributed by atoms with van der Waals surface area (Å²) in [6.07, 6.45) is 8.35. The lowest BCUT2D eigenvalue weighted by molar-refractivity contribution is 0.120. The zero-order valence-electron chi connectivity index (χ0n) is 20.3. The predicted molar refractivity (Wildman–Crippen MR) is 147 cm³/mol. The first-order valence-electron chi connectivity index (χ1n) is 12.2. The van der Waals surface area contributed by atoms with Crippen LogP contribution in [0.4, 0.5) is 0 Å². The van der Waals surface area contributed by atoms with Crippen molar-refractivity contribution < 1.29 is 0 Å². The first kappa shape index (κ1) is 22.5. The van der Waals surface area contributed by atoms with Gasteiger partial charge in [-0.2, -0.15) is 15.3 Å². The molecule has 0 atom stereocenters. The van der Waals surface area contributed by atoms with Gasteiger partial charge in [-0.3, -0.25) is 0 Å². The molecule has 180 valence electrons. The third-order valence-corrected chi connectivity index (χ3v) is 6.49. The minimum Gasteiger partial charge on any atom is -0.224 e. The van der Waals surface area contributed by atoms with E-state index in [0.717, 1.165) is 33.8 Å². The van der Waals surface area contributed by atoms with Crippen LogP contribution in [-0.4, -0.2) is 29.3 Å². The fourth-order valence-corrected chi connectivity index (χ4v) is 4.65. The lowest BCUT2D eigenvalue weighted by Crippen LogP contribution is -2.48. The highest BCUT2D eigenvalue weighted by atomic mass is 15.6. The summed E-state index contributed by atoms with van der Waals surface area (Å²) in [6, 6.07) is 36.6. The zero-order valence-corrected chi connectivity index (χ0v) is 20.3. The third-order valence-electron chi connectivity index (χ3n) is 6.49. The molecular weight excluding hydrogens is 456 g/mol. The topological polar surface area (TPSA) is 53.5 Å². The van der Waals surface area contributed by atoms with Crippen LogP contribution < -0.4 is 0 Å². The van der Waals surface area contributed by atoms with E-state index in [0.29, 0.717) is 6.42 Å². The fourth-order valence-electron chi connectivity index (χ4n) is 4.65. The highest BCUT2D eigenvalue weighted by Gasteiger charge is 2.38. The van der Waals surface area contributed by atoms with Gasteiger partial charge in [0.15, 0.2) is 0 Å². The van der Waals surface area contributed by atoms with E-state index >= 15 is 0 Å². The van der Waals surface area contributed by atoms with E-state index in [1.807, 2.05) is 112 Å². The summed E-state index contributed by atoms with van der Waals surface area (Å²) < 4.78 is 5.79. The Labute approximate surface area is 215 Å². The van der Waals surface area contributed by atoms with Crippen molar-refractivity contribution in [3.8, 4) is 33.8 Å². The van der Waals surface area contributed by atoms with Gasteiger partial charge >= 0.3 is 0 Å². The molecule has 0 saturated heterocycles. The standard InChI is InChI=1S/C31H26N6/c1-2-21-31(35-22-18-28(32-35)25-12-6-3-7-13-25,36-23-19-29(33-36)26-14-8-4-9-15-26)37-24-20-30(34-37)27-16-10-5-11-17-27/h2-20,22-24H,1,21H2. The van der Waals surface area contributed by atoms with Gasteiger partial charge in [0, 0.05) is 41.7 Å². The van der Waals surface area contributed by atoms with Gasteiger partial charge in [0.1, 0.15) is 0 Å². The van der Waals surface area contributed by atoms with E-state index in [1.54, 1.807) is 0 Å². The summed E-state index contributed by atoms with van der Waals surface area (Å²) in [5, 5.41) is 15.1. The summed E-state index contributed by atoms with van der Waals surface area (Å²) >= 11 is 0. The molecular formula is C31H26N6. The van der Waals surface area contributed by atoms with Crippen molar-refractivity contribution in [2.45, 2.75) is 12.2 Å². The average molecular weight is 483 g/mol. The minimum atomic E-state index is -0.922. The summed E-state index contributed by atoms with van der Waals surface area (Å²) in [7, 11) is 0. The van der Waals surface area contributed by atoms with Crippen molar-refractivity contribution >= 4 is 0 Å². The molecule has 6 aromatic rings.